The number of amides is 1. The van der Waals surface area contributed by atoms with E-state index < -0.39 is 17.8 Å². The number of rotatable bonds is 4. The highest BCUT2D eigenvalue weighted by Crippen LogP contribution is 2.38. The molecule has 2 aliphatic heterocycles. The Morgan fingerprint density at radius 2 is 2.03 bits per heavy atom. The first-order chi connectivity index (χ1) is 17.2. The summed E-state index contributed by atoms with van der Waals surface area (Å²) in [5.74, 6) is 0.163. The van der Waals surface area contributed by atoms with Crippen LogP contribution in [0.5, 0.6) is 0 Å². The highest BCUT2D eigenvalue weighted by molar-refractivity contribution is 6.30. The minimum atomic E-state index is -4.51. The van der Waals surface area contributed by atoms with Crippen LogP contribution in [0.25, 0.3) is 16.6 Å². The average molecular weight is 517 g/mol. The second-order valence-electron chi connectivity index (χ2n) is 9.53. The van der Waals surface area contributed by atoms with Crippen molar-refractivity contribution in [2.45, 2.75) is 50.9 Å². The Morgan fingerprint density at radius 1 is 1.19 bits per heavy atom. The lowest BCUT2D eigenvalue weighted by atomic mass is 9.97. The van der Waals surface area contributed by atoms with E-state index in [1.54, 1.807) is 17.8 Å². The zero-order chi connectivity index (χ0) is 25.4. The fraction of sp³-hybridized carbons (Fsp3) is 0.407. The first-order valence-electron chi connectivity index (χ1n) is 12.3. The minimum Gasteiger partial charge on any atom is -0.337 e. The monoisotopic (exact) mass is 516 g/mol. The van der Waals surface area contributed by atoms with Crippen LogP contribution in [0.2, 0.25) is 5.02 Å². The second kappa shape index (κ2) is 9.90. The van der Waals surface area contributed by atoms with Gasteiger partial charge in [-0.3, -0.25) is 4.79 Å². The Balaban J connectivity index is 1.41. The van der Waals surface area contributed by atoms with Crippen molar-refractivity contribution in [1.29, 1.82) is 0 Å². The molecular weight excluding hydrogens is 489 g/mol. The normalized spacial score (nSPS) is 19.9. The highest BCUT2D eigenvalue weighted by Gasteiger charge is 2.35. The van der Waals surface area contributed by atoms with Crippen LogP contribution >= 0.6 is 11.6 Å². The van der Waals surface area contributed by atoms with Gasteiger partial charge < -0.3 is 14.8 Å². The molecule has 0 saturated carbocycles. The molecule has 0 radical (unpaired) electrons. The molecule has 1 fully saturated rings. The van der Waals surface area contributed by atoms with Crippen LogP contribution < -0.4 is 5.32 Å². The van der Waals surface area contributed by atoms with E-state index in [0.29, 0.717) is 18.6 Å². The maximum atomic E-state index is 13.7. The molecule has 190 valence electrons. The Kier molecular flexibility index (Phi) is 6.83. The third-order valence-electron chi connectivity index (χ3n) is 7.26. The summed E-state index contributed by atoms with van der Waals surface area (Å²) in [4.78, 5) is 19.2. The van der Waals surface area contributed by atoms with Crippen LogP contribution in [0.4, 0.5) is 13.2 Å². The van der Waals surface area contributed by atoms with Crippen molar-refractivity contribution in [1.82, 2.24) is 19.8 Å². The number of aromatic nitrogens is 2. The van der Waals surface area contributed by atoms with Crippen molar-refractivity contribution in [2.75, 3.05) is 19.6 Å². The molecule has 0 aliphatic carbocycles. The molecule has 1 N–H and O–H groups in total. The number of nitrogens with one attached hydrogen (secondary N) is 1. The lowest BCUT2D eigenvalue weighted by Gasteiger charge is -2.32. The molecule has 2 atom stereocenters. The molecule has 3 heterocycles. The van der Waals surface area contributed by atoms with Gasteiger partial charge in [-0.1, -0.05) is 36.2 Å². The lowest BCUT2D eigenvalue weighted by Crippen LogP contribution is -2.49. The summed E-state index contributed by atoms with van der Waals surface area (Å²) in [6.07, 6.45) is 2.94. The van der Waals surface area contributed by atoms with E-state index in [-0.39, 0.29) is 22.5 Å². The summed E-state index contributed by atoms with van der Waals surface area (Å²) in [6, 6.07) is 9.06. The number of piperidine rings is 1. The van der Waals surface area contributed by atoms with Gasteiger partial charge in [0, 0.05) is 18.1 Å². The molecule has 0 bridgehead atoms. The van der Waals surface area contributed by atoms with E-state index in [1.807, 2.05) is 23.1 Å². The van der Waals surface area contributed by atoms with Crippen LogP contribution in [0.15, 0.2) is 48.8 Å². The number of benzene rings is 2. The largest absolute Gasteiger partial charge is 0.416 e. The van der Waals surface area contributed by atoms with Gasteiger partial charge in [-0.25, -0.2) is 4.98 Å². The summed E-state index contributed by atoms with van der Waals surface area (Å²) >= 11 is 5.87. The van der Waals surface area contributed by atoms with E-state index >= 15 is 0 Å². The quantitative estimate of drug-likeness (QED) is 0.457. The topological polar surface area (TPSA) is 50.2 Å². The Morgan fingerprint density at radius 3 is 2.72 bits per heavy atom. The standard InChI is InChI=1S/C27H28ClF3N4O/c1-17(21-7-6-20(28)15-22(21)27(29,30)31)35-16-33-23-8-5-19(14-25(23)35)18-9-12-34(13-10-18)26(36)24-4-2-3-11-32-24/h5-9,14-17,24,32H,2-4,10-13H2,1H3. The first-order valence-corrected chi connectivity index (χ1v) is 12.6. The predicted molar refractivity (Wildman–Crippen MR) is 135 cm³/mol. The summed E-state index contributed by atoms with van der Waals surface area (Å²) in [6.45, 7) is 3.82. The third kappa shape index (κ3) is 4.89. The number of hydrogen-bond donors (Lipinski definition) is 1. The van der Waals surface area contributed by atoms with Gasteiger partial charge in [-0.05, 0) is 73.7 Å². The van der Waals surface area contributed by atoms with Crippen molar-refractivity contribution < 1.29 is 18.0 Å². The number of carbonyl (C=O) groups excluding carboxylic acids is 1. The van der Waals surface area contributed by atoms with Crippen LogP contribution in [-0.2, 0) is 11.0 Å². The average Bonchev–Trinajstić information content (AvgIpc) is 3.31. The fourth-order valence-electron chi connectivity index (χ4n) is 5.24. The molecule has 2 aliphatic rings. The van der Waals surface area contributed by atoms with Crippen LogP contribution in [0.1, 0.15) is 55.3 Å². The van der Waals surface area contributed by atoms with E-state index in [1.165, 1.54) is 12.1 Å². The second-order valence-corrected chi connectivity index (χ2v) is 9.96. The van der Waals surface area contributed by atoms with Gasteiger partial charge in [0.1, 0.15) is 0 Å². The van der Waals surface area contributed by atoms with Crippen LogP contribution in [0.3, 0.4) is 0 Å². The minimum absolute atomic E-state index is 0.0482. The molecule has 1 aromatic heterocycles. The summed E-state index contributed by atoms with van der Waals surface area (Å²) in [5.41, 5.74) is 2.98. The Hall–Kier alpha value is -2.84. The molecule has 0 spiro atoms. The molecular formula is C27H28ClF3N4O. The molecule has 36 heavy (non-hydrogen) atoms. The van der Waals surface area contributed by atoms with E-state index in [2.05, 4.69) is 16.4 Å². The van der Waals surface area contributed by atoms with Crippen LogP contribution in [-0.4, -0.2) is 46.0 Å². The Labute approximate surface area is 212 Å². The van der Waals surface area contributed by atoms with E-state index in [9.17, 15) is 18.0 Å². The molecule has 3 aromatic rings. The summed E-state index contributed by atoms with van der Waals surface area (Å²) < 4.78 is 43.0. The molecule has 5 rings (SSSR count). The molecule has 5 nitrogen and oxygen atoms in total. The predicted octanol–water partition coefficient (Wildman–Crippen LogP) is 6.08. The number of carbonyl (C=O) groups is 1. The van der Waals surface area contributed by atoms with Gasteiger partial charge in [0.25, 0.3) is 0 Å². The van der Waals surface area contributed by atoms with Gasteiger partial charge in [0.15, 0.2) is 0 Å². The zero-order valence-corrected chi connectivity index (χ0v) is 20.7. The van der Waals surface area contributed by atoms with Crippen molar-refractivity contribution in [3.63, 3.8) is 0 Å². The lowest BCUT2D eigenvalue weighted by molar-refractivity contribution is -0.138. The zero-order valence-electron chi connectivity index (χ0n) is 20.0. The van der Waals surface area contributed by atoms with E-state index in [0.717, 1.165) is 54.9 Å². The Bertz CT molecular complexity index is 1310. The maximum Gasteiger partial charge on any atom is 0.416 e. The molecule has 2 aromatic carbocycles. The number of fused-ring (bicyclic) bond motifs is 1. The maximum absolute atomic E-state index is 13.7. The molecule has 2 unspecified atom stereocenters. The van der Waals surface area contributed by atoms with Crippen LogP contribution in [0, 0.1) is 0 Å². The number of alkyl halides is 3. The van der Waals surface area contributed by atoms with Gasteiger partial charge in [0.2, 0.25) is 5.91 Å². The summed E-state index contributed by atoms with van der Waals surface area (Å²) in [5, 5.41) is 3.37. The van der Waals surface area contributed by atoms with Crippen molar-refractivity contribution in [2.24, 2.45) is 0 Å². The van der Waals surface area contributed by atoms with Gasteiger partial charge in [-0.15, -0.1) is 0 Å². The third-order valence-corrected chi connectivity index (χ3v) is 7.50. The highest BCUT2D eigenvalue weighted by atomic mass is 35.5. The van der Waals surface area contributed by atoms with Gasteiger partial charge in [0.05, 0.1) is 35.0 Å². The van der Waals surface area contributed by atoms with Crippen molar-refractivity contribution in [3.8, 4) is 0 Å². The molecule has 1 amide bonds. The SMILES string of the molecule is CC(c1ccc(Cl)cc1C(F)(F)F)n1cnc2ccc(C3=CCN(C(=O)C4CCCCN4)CC3)cc21. The number of nitrogens with zero attached hydrogens (tertiary/aromatic N) is 3. The number of halogens is 4. The fourth-order valence-corrected chi connectivity index (χ4v) is 5.41. The van der Waals surface area contributed by atoms with Crippen molar-refractivity contribution >= 4 is 34.1 Å². The van der Waals surface area contributed by atoms with Gasteiger partial charge >= 0.3 is 6.18 Å². The number of hydrogen-bond acceptors (Lipinski definition) is 3. The smallest absolute Gasteiger partial charge is 0.337 e. The molecule has 9 heteroatoms. The van der Waals surface area contributed by atoms with E-state index in [4.69, 9.17) is 11.6 Å². The first kappa shape index (κ1) is 24.8. The number of imidazole rings is 1. The molecule has 1 saturated heterocycles. The van der Waals surface area contributed by atoms with Crippen molar-refractivity contribution in [3.05, 3.63) is 70.5 Å². The van der Waals surface area contributed by atoms with Gasteiger partial charge in [-0.2, -0.15) is 13.2 Å². The summed E-state index contributed by atoms with van der Waals surface area (Å²) in [7, 11) is 0.